The number of nitrogen functional groups attached to an aromatic ring is 1. The number of amides is 1. The van der Waals surface area contributed by atoms with Gasteiger partial charge in [0.1, 0.15) is 17.1 Å². The molecule has 3 N–H and O–H groups in total. The van der Waals surface area contributed by atoms with Crippen LogP contribution in [0.3, 0.4) is 0 Å². The summed E-state index contributed by atoms with van der Waals surface area (Å²) in [6.45, 7) is 1.21. The predicted octanol–water partition coefficient (Wildman–Crippen LogP) is 4.02. The van der Waals surface area contributed by atoms with E-state index in [1.165, 1.54) is 23.5 Å². The van der Waals surface area contributed by atoms with Crippen LogP contribution in [0.2, 0.25) is 5.02 Å². The molecule has 2 aromatic carbocycles. The molecule has 11 heteroatoms. The molecule has 0 unspecified atom stereocenters. The Bertz CT molecular complexity index is 1370. The standard InChI is InChI=1S/C25H24ClFN6O2S/c26-16-4-8-19(9-5-16)35-14-20(34)29-18-11-12-33(13-18)23-22-24(32-25(28)31-23)36-21(30-22)10-3-15-1-6-17(27)7-2-15/h1-2,4-9,18H,3,10-14H2,(H,29,34)(H2,28,31,32)/t18-/m1/s1. The zero-order chi connectivity index (χ0) is 25.1. The summed E-state index contributed by atoms with van der Waals surface area (Å²) in [5.41, 5.74) is 7.75. The number of ether oxygens (including phenoxy) is 1. The number of aryl methyl sites for hydroxylation is 2. The molecule has 186 valence electrons. The second-order valence-corrected chi connectivity index (χ2v) is 10.0. The first-order valence-electron chi connectivity index (χ1n) is 11.5. The van der Waals surface area contributed by atoms with Crippen LogP contribution in [0.4, 0.5) is 16.2 Å². The molecule has 3 heterocycles. The van der Waals surface area contributed by atoms with Gasteiger partial charge in [0.05, 0.1) is 5.01 Å². The summed E-state index contributed by atoms with van der Waals surface area (Å²) in [5, 5.41) is 4.54. The lowest BCUT2D eigenvalue weighted by Crippen LogP contribution is -2.39. The van der Waals surface area contributed by atoms with Crippen LogP contribution in [0.1, 0.15) is 17.0 Å². The molecule has 1 amide bonds. The molecule has 0 spiro atoms. The normalized spacial score (nSPS) is 15.4. The molecule has 1 fully saturated rings. The lowest BCUT2D eigenvalue weighted by molar-refractivity contribution is -0.123. The van der Waals surface area contributed by atoms with E-state index in [2.05, 4.69) is 20.2 Å². The highest BCUT2D eigenvalue weighted by Crippen LogP contribution is 2.31. The first-order chi connectivity index (χ1) is 17.4. The molecule has 0 bridgehead atoms. The highest BCUT2D eigenvalue weighted by atomic mass is 35.5. The molecule has 8 nitrogen and oxygen atoms in total. The lowest BCUT2D eigenvalue weighted by Gasteiger charge is -2.18. The van der Waals surface area contributed by atoms with Crippen LogP contribution in [0, 0.1) is 5.82 Å². The average Bonchev–Trinajstić information content (AvgIpc) is 3.49. The number of aromatic nitrogens is 3. The zero-order valence-electron chi connectivity index (χ0n) is 19.3. The van der Waals surface area contributed by atoms with Crippen molar-refractivity contribution in [2.24, 2.45) is 0 Å². The average molecular weight is 527 g/mol. The Balaban J connectivity index is 1.21. The number of nitrogens with one attached hydrogen (secondary N) is 1. The Morgan fingerprint density at radius 1 is 1.14 bits per heavy atom. The molecule has 1 atom stereocenters. The summed E-state index contributed by atoms with van der Waals surface area (Å²) >= 11 is 7.36. The third kappa shape index (κ3) is 5.83. The summed E-state index contributed by atoms with van der Waals surface area (Å²) in [5.74, 6) is 1.01. The number of carbonyl (C=O) groups is 1. The van der Waals surface area contributed by atoms with Crippen molar-refractivity contribution in [3.8, 4) is 5.75 Å². The number of hydrogen-bond donors (Lipinski definition) is 2. The molecule has 0 aliphatic carbocycles. The Hall–Kier alpha value is -3.50. The second kappa shape index (κ2) is 10.6. The van der Waals surface area contributed by atoms with E-state index in [4.69, 9.17) is 27.1 Å². The number of fused-ring (bicyclic) bond motifs is 1. The third-order valence-electron chi connectivity index (χ3n) is 5.88. The van der Waals surface area contributed by atoms with Gasteiger partial charge in [0.2, 0.25) is 5.95 Å². The van der Waals surface area contributed by atoms with Gasteiger partial charge in [-0.15, -0.1) is 0 Å². The van der Waals surface area contributed by atoms with Crippen LogP contribution >= 0.6 is 22.9 Å². The van der Waals surface area contributed by atoms with Crippen molar-refractivity contribution in [1.29, 1.82) is 0 Å². The molecule has 4 aromatic rings. The van der Waals surface area contributed by atoms with E-state index < -0.39 is 0 Å². The van der Waals surface area contributed by atoms with Gasteiger partial charge in [-0.1, -0.05) is 35.1 Å². The monoisotopic (exact) mass is 526 g/mol. The van der Waals surface area contributed by atoms with Crippen LogP contribution in [0.5, 0.6) is 5.75 Å². The SMILES string of the molecule is Nc1nc(N2CC[C@@H](NC(=O)COc3ccc(Cl)cc3)C2)c2nc(CCc3ccc(F)cc3)sc2n1. The van der Waals surface area contributed by atoms with Crippen LogP contribution < -0.4 is 20.7 Å². The van der Waals surface area contributed by atoms with Gasteiger partial charge in [-0.2, -0.15) is 4.98 Å². The van der Waals surface area contributed by atoms with Crippen molar-refractivity contribution < 1.29 is 13.9 Å². The largest absolute Gasteiger partial charge is 0.484 e. The molecular weight excluding hydrogens is 503 g/mol. The minimum absolute atomic E-state index is 0.0471. The molecular formula is C25H24ClFN6O2S. The maximum atomic E-state index is 13.2. The fraction of sp³-hybridized carbons (Fsp3) is 0.280. The zero-order valence-corrected chi connectivity index (χ0v) is 20.9. The Labute approximate surface area is 216 Å². The van der Waals surface area contributed by atoms with Gasteiger partial charge in [-0.25, -0.2) is 14.4 Å². The van der Waals surface area contributed by atoms with Gasteiger partial charge in [-0.3, -0.25) is 4.79 Å². The van der Waals surface area contributed by atoms with Crippen molar-refractivity contribution in [3.05, 3.63) is 69.9 Å². The van der Waals surface area contributed by atoms with Crippen LogP contribution in [0.25, 0.3) is 10.3 Å². The Morgan fingerprint density at radius 2 is 1.92 bits per heavy atom. The van der Waals surface area contributed by atoms with Crippen molar-refractivity contribution >= 4 is 51.0 Å². The summed E-state index contributed by atoms with van der Waals surface area (Å²) < 4.78 is 18.7. The number of halogens is 2. The molecule has 1 saturated heterocycles. The van der Waals surface area contributed by atoms with Gasteiger partial charge in [-0.05, 0) is 54.8 Å². The van der Waals surface area contributed by atoms with E-state index in [0.717, 1.165) is 28.2 Å². The topological polar surface area (TPSA) is 106 Å². The first-order valence-corrected chi connectivity index (χ1v) is 12.7. The summed E-state index contributed by atoms with van der Waals surface area (Å²) in [6.07, 6.45) is 2.21. The van der Waals surface area contributed by atoms with E-state index in [0.29, 0.717) is 41.6 Å². The van der Waals surface area contributed by atoms with Crippen molar-refractivity contribution in [1.82, 2.24) is 20.3 Å². The van der Waals surface area contributed by atoms with Crippen molar-refractivity contribution in [3.63, 3.8) is 0 Å². The van der Waals surface area contributed by atoms with Gasteiger partial charge in [0.15, 0.2) is 17.3 Å². The van der Waals surface area contributed by atoms with Crippen LogP contribution in [-0.2, 0) is 17.6 Å². The lowest BCUT2D eigenvalue weighted by atomic mass is 10.1. The van der Waals surface area contributed by atoms with Gasteiger partial charge in [0.25, 0.3) is 5.91 Å². The van der Waals surface area contributed by atoms with Gasteiger partial charge >= 0.3 is 0 Å². The second-order valence-electron chi connectivity index (χ2n) is 8.53. The fourth-order valence-corrected chi connectivity index (χ4v) is 5.18. The number of anilines is 2. The molecule has 0 saturated carbocycles. The van der Waals surface area contributed by atoms with Gasteiger partial charge in [0, 0.05) is 30.6 Å². The van der Waals surface area contributed by atoms with Crippen LogP contribution in [0.15, 0.2) is 48.5 Å². The highest BCUT2D eigenvalue weighted by Gasteiger charge is 2.28. The smallest absolute Gasteiger partial charge is 0.258 e. The number of nitrogens with zero attached hydrogens (tertiary/aromatic N) is 4. The summed E-state index contributed by atoms with van der Waals surface area (Å²) in [4.78, 5) is 28.8. The number of carbonyl (C=O) groups excluding carboxylic acids is 1. The molecule has 36 heavy (non-hydrogen) atoms. The minimum Gasteiger partial charge on any atom is -0.484 e. The minimum atomic E-state index is -0.247. The molecule has 2 aromatic heterocycles. The van der Waals surface area contributed by atoms with E-state index in [9.17, 15) is 9.18 Å². The van der Waals surface area contributed by atoms with E-state index >= 15 is 0 Å². The molecule has 1 aliphatic heterocycles. The summed E-state index contributed by atoms with van der Waals surface area (Å²) in [7, 11) is 0. The van der Waals surface area contributed by atoms with E-state index in [-0.39, 0.29) is 30.3 Å². The van der Waals surface area contributed by atoms with Crippen molar-refractivity contribution in [2.45, 2.75) is 25.3 Å². The Morgan fingerprint density at radius 3 is 2.69 bits per heavy atom. The molecule has 5 rings (SSSR count). The quantitative estimate of drug-likeness (QED) is 0.357. The van der Waals surface area contributed by atoms with Crippen molar-refractivity contribution in [2.75, 3.05) is 30.3 Å². The highest BCUT2D eigenvalue weighted by molar-refractivity contribution is 7.18. The maximum absolute atomic E-state index is 13.2. The molecule has 0 radical (unpaired) electrons. The third-order valence-corrected chi connectivity index (χ3v) is 7.14. The van der Waals surface area contributed by atoms with E-state index in [1.54, 1.807) is 36.4 Å². The van der Waals surface area contributed by atoms with E-state index in [1.807, 2.05) is 0 Å². The fourth-order valence-electron chi connectivity index (χ4n) is 4.12. The number of thiazole rings is 1. The summed E-state index contributed by atoms with van der Waals surface area (Å²) in [6, 6.07) is 13.3. The molecule has 1 aliphatic rings. The number of benzene rings is 2. The number of rotatable bonds is 8. The Kier molecular flexibility index (Phi) is 7.15. The number of nitrogens with two attached hydrogens (primary N) is 1. The van der Waals surface area contributed by atoms with Crippen LogP contribution in [-0.4, -0.2) is 46.6 Å². The predicted molar refractivity (Wildman–Crippen MR) is 139 cm³/mol. The van der Waals surface area contributed by atoms with Gasteiger partial charge < -0.3 is 20.7 Å². The first kappa shape index (κ1) is 24.2. The number of hydrogen-bond acceptors (Lipinski definition) is 8. The maximum Gasteiger partial charge on any atom is 0.258 e.